The van der Waals surface area contributed by atoms with Crippen LogP contribution in [0.2, 0.25) is 0 Å². The Bertz CT molecular complexity index is 516. The van der Waals surface area contributed by atoms with Gasteiger partial charge in [0, 0.05) is 11.1 Å². The van der Waals surface area contributed by atoms with E-state index in [-0.39, 0.29) is 0 Å². The van der Waals surface area contributed by atoms with Crippen LogP contribution in [0.1, 0.15) is 51.0 Å². The molecule has 0 heterocycles. The summed E-state index contributed by atoms with van der Waals surface area (Å²) in [4.78, 5) is 0. The van der Waals surface area contributed by atoms with Gasteiger partial charge in [-0.05, 0) is 29.9 Å². The molecule has 0 fully saturated rings. The summed E-state index contributed by atoms with van der Waals surface area (Å²) < 4.78 is 0. The topological polar surface area (TPSA) is 26.0 Å². The SMILES string of the molecule is CCCCCCCCc1cccc2c(N)cccc12. The number of hydrogen-bond acceptors (Lipinski definition) is 1. The Labute approximate surface area is 116 Å². The molecular formula is C18H25N. The number of nitrogens with two attached hydrogens (primary N) is 1. The molecule has 0 aliphatic carbocycles. The summed E-state index contributed by atoms with van der Waals surface area (Å²) in [6.45, 7) is 2.26. The van der Waals surface area contributed by atoms with Crippen LogP contribution in [0, 0.1) is 0 Å². The molecule has 2 aromatic rings. The van der Waals surface area contributed by atoms with E-state index in [2.05, 4.69) is 37.3 Å². The molecule has 0 saturated heterocycles. The first-order valence-electron chi connectivity index (χ1n) is 7.59. The highest BCUT2D eigenvalue weighted by Crippen LogP contribution is 2.25. The van der Waals surface area contributed by atoms with Crippen molar-refractivity contribution in [3.63, 3.8) is 0 Å². The van der Waals surface area contributed by atoms with Crippen molar-refractivity contribution in [2.75, 3.05) is 5.73 Å². The van der Waals surface area contributed by atoms with Crippen molar-refractivity contribution in [2.24, 2.45) is 0 Å². The minimum Gasteiger partial charge on any atom is -0.398 e. The maximum absolute atomic E-state index is 6.03. The Hall–Kier alpha value is -1.50. The van der Waals surface area contributed by atoms with E-state index in [1.165, 1.54) is 61.3 Å². The number of anilines is 1. The van der Waals surface area contributed by atoms with Gasteiger partial charge in [0.15, 0.2) is 0 Å². The highest BCUT2D eigenvalue weighted by atomic mass is 14.5. The molecule has 0 aliphatic rings. The standard InChI is InChI=1S/C18H25N/c1-2-3-4-5-6-7-10-15-11-8-13-17-16(15)12-9-14-18(17)19/h8-9,11-14H,2-7,10,19H2,1H3. The van der Waals surface area contributed by atoms with E-state index in [4.69, 9.17) is 5.73 Å². The summed E-state index contributed by atoms with van der Waals surface area (Å²) in [5, 5.41) is 2.53. The van der Waals surface area contributed by atoms with Gasteiger partial charge in [0.2, 0.25) is 0 Å². The Balaban J connectivity index is 1.95. The predicted molar refractivity (Wildman–Crippen MR) is 85.4 cm³/mol. The Morgan fingerprint density at radius 1 is 0.789 bits per heavy atom. The van der Waals surface area contributed by atoms with Crippen LogP contribution in [0.25, 0.3) is 10.8 Å². The summed E-state index contributed by atoms with van der Waals surface area (Å²) in [5.41, 5.74) is 8.37. The summed E-state index contributed by atoms with van der Waals surface area (Å²) >= 11 is 0. The van der Waals surface area contributed by atoms with E-state index >= 15 is 0 Å². The van der Waals surface area contributed by atoms with Gasteiger partial charge >= 0.3 is 0 Å². The van der Waals surface area contributed by atoms with Gasteiger partial charge in [-0.3, -0.25) is 0 Å². The van der Waals surface area contributed by atoms with Crippen molar-refractivity contribution in [3.05, 3.63) is 42.0 Å². The van der Waals surface area contributed by atoms with E-state index in [1.807, 2.05) is 6.07 Å². The average Bonchev–Trinajstić information content (AvgIpc) is 2.43. The van der Waals surface area contributed by atoms with E-state index in [0.717, 1.165) is 5.69 Å². The van der Waals surface area contributed by atoms with Crippen LogP contribution < -0.4 is 5.73 Å². The molecule has 1 heteroatoms. The molecule has 0 saturated carbocycles. The summed E-state index contributed by atoms with van der Waals surface area (Å²) in [5.74, 6) is 0. The fourth-order valence-corrected chi connectivity index (χ4v) is 2.71. The molecule has 102 valence electrons. The molecule has 19 heavy (non-hydrogen) atoms. The summed E-state index contributed by atoms with van der Waals surface area (Å²) in [7, 11) is 0. The van der Waals surface area contributed by atoms with Gasteiger partial charge in [0.25, 0.3) is 0 Å². The number of hydrogen-bond donors (Lipinski definition) is 1. The van der Waals surface area contributed by atoms with Crippen molar-refractivity contribution in [1.82, 2.24) is 0 Å². The van der Waals surface area contributed by atoms with Crippen molar-refractivity contribution in [2.45, 2.75) is 51.9 Å². The molecule has 0 unspecified atom stereocenters. The molecule has 0 aromatic heterocycles. The van der Waals surface area contributed by atoms with Crippen molar-refractivity contribution in [3.8, 4) is 0 Å². The third kappa shape index (κ3) is 3.73. The highest BCUT2D eigenvalue weighted by molar-refractivity contribution is 5.94. The van der Waals surface area contributed by atoms with Crippen LogP contribution >= 0.6 is 0 Å². The molecule has 0 atom stereocenters. The van der Waals surface area contributed by atoms with E-state index in [9.17, 15) is 0 Å². The summed E-state index contributed by atoms with van der Waals surface area (Å²) in [6, 6.07) is 12.7. The lowest BCUT2D eigenvalue weighted by Gasteiger charge is -2.08. The van der Waals surface area contributed by atoms with Crippen molar-refractivity contribution < 1.29 is 0 Å². The molecule has 0 aliphatic heterocycles. The minimum atomic E-state index is 0.891. The smallest absolute Gasteiger partial charge is 0.0393 e. The minimum absolute atomic E-state index is 0.891. The van der Waals surface area contributed by atoms with Gasteiger partial charge in [-0.1, -0.05) is 69.4 Å². The lowest BCUT2D eigenvalue weighted by Crippen LogP contribution is -1.91. The molecule has 2 N–H and O–H groups in total. The molecule has 0 amide bonds. The van der Waals surface area contributed by atoms with Crippen molar-refractivity contribution >= 4 is 16.5 Å². The number of rotatable bonds is 7. The summed E-state index contributed by atoms with van der Waals surface area (Å²) in [6.07, 6.45) is 9.27. The number of aryl methyl sites for hydroxylation is 1. The highest BCUT2D eigenvalue weighted by Gasteiger charge is 2.02. The van der Waals surface area contributed by atoms with Crippen LogP contribution in [0.5, 0.6) is 0 Å². The zero-order valence-corrected chi connectivity index (χ0v) is 12.0. The van der Waals surface area contributed by atoms with Gasteiger partial charge in [-0.2, -0.15) is 0 Å². The molecule has 0 radical (unpaired) electrons. The fraction of sp³-hybridized carbons (Fsp3) is 0.444. The zero-order chi connectivity index (χ0) is 13.5. The monoisotopic (exact) mass is 255 g/mol. The van der Waals surface area contributed by atoms with Gasteiger partial charge < -0.3 is 5.73 Å². The number of fused-ring (bicyclic) bond motifs is 1. The Morgan fingerprint density at radius 3 is 2.32 bits per heavy atom. The van der Waals surface area contributed by atoms with Crippen LogP contribution in [0.15, 0.2) is 36.4 Å². The van der Waals surface area contributed by atoms with Crippen LogP contribution in [-0.2, 0) is 6.42 Å². The number of benzene rings is 2. The molecular weight excluding hydrogens is 230 g/mol. The second-order valence-corrected chi connectivity index (χ2v) is 5.38. The fourth-order valence-electron chi connectivity index (χ4n) is 2.71. The second-order valence-electron chi connectivity index (χ2n) is 5.38. The molecule has 2 rings (SSSR count). The molecule has 0 bridgehead atoms. The average molecular weight is 255 g/mol. The first-order valence-corrected chi connectivity index (χ1v) is 7.59. The first kappa shape index (κ1) is 13.9. The van der Waals surface area contributed by atoms with E-state index in [0.29, 0.717) is 0 Å². The van der Waals surface area contributed by atoms with E-state index in [1.54, 1.807) is 0 Å². The van der Waals surface area contributed by atoms with Gasteiger partial charge in [0.1, 0.15) is 0 Å². The van der Waals surface area contributed by atoms with Gasteiger partial charge in [-0.15, -0.1) is 0 Å². The van der Waals surface area contributed by atoms with Crippen LogP contribution in [-0.4, -0.2) is 0 Å². The molecule has 1 nitrogen and oxygen atoms in total. The Kier molecular flexibility index (Phi) is 5.26. The third-order valence-corrected chi connectivity index (χ3v) is 3.85. The Morgan fingerprint density at radius 2 is 1.47 bits per heavy atom. The largest absolute Gasteiger partial charge is 0.398 e. The zero-order valence-electron chi connectivity index (χ0n) is 12.0. The van der Waals surface area contributed by atoms with Gasteiger partial charge in [0.05, 0.1) is 0 Å². The third-order valence-electron chi connectivity index (χ3n) is 3.85. The molecule has 2 aromatic carbocycles. The lowest BCUT2D eigenvalue weighted by atomic mass is 9.98. The van der Waals surface area contributed by atoms with Crippen molar-refractivity contribution in [1.29, 1.82) is 0 Å². The number of nitrogen functional groups attached to an aromatic ring is 1. The molecule has 0 spiro atoms. The maximum Gasteiger partial charge on any atom is 0.0393 e. The quantitative estimate of drug-likeness (QED) is 0.525. The van der Waals surface area contributed by atoms with Crippen LogP contribution in [0.3, 0.4) is 0 Å². The second kappa shape index (κ2) is 7.18. The van der Waals surface area contributed by atoms with Crippen LogP contribution in [0.4, 0.5) is 5.69 Å². The number of unbranched alkanes of at least 4 members (excludes halogenated alkanes) is 5. The maximum atomic E-state index is 6.03. The van der Waals surface area contributed by atoms with E-state index < -0.39 is 0 Å². The predicted octanol–water partition coefficient (Wildman–Crippen LogP) is 5.33. The first-order chi connectivity index (χ1) is 9.33. The van der Waals surface area contributed by atoms with Gasteiger partial charge in [-0.25, -0.2) is 0 Å². The lowest BCUT2D eigenvalue weighted by molar-refractivity contribution is 0.608. The normalized spacial score (nSPS) is 11.0.